The topological polar surface area (TPSA) is 0 Å². The Morgan fingerprint density at radius 3 is 1.85 bits per heavy atom. The fourth-order valence-electron chi connectivity index (χ4n) is 1.68. The molecule has 0 aromatic carbocycles. The molecule has 0 amide bonds. The van der Waals surface area contributed by atoms with Crippen LogP contribution in [0.4, 0.5) is 17.6 Å². The highest BCUT2D eigenvalue weighted by Gasteiger charge is 2.71. The van der Waals surface area contributed by atoms with Crippen LogP contribution in [0.1, 0.15) is 33.6 Å². The quantitative estimate of drug-likeness (QED) is 0.563. The molecule has 0 spiro atoms. The summed E-state index contributed by atoms with van der Waals surface area (Å²) >= 11 is 0. The second-order valence-electron chi connectivity index (χ2n) is 4.99. The van der Waals surface area contributed by atoms with E-state index in [1.54, 1.807) is 20.8 Å². The summed E-state index contributed by atoms with van der Waals surface area (Å²) in [4.78, 5) is 0. The SMILES string of the molecule is CC(C)(C)CC1CC(F)(F)C1(F)F. The average molecular weight is 198 g/mol. The number of rotatable bonds is 1. The summed E-state index contributed by atoms with van der Waals surface area (Å²) < 4.78 is 50.3. The first-order valence-electron chi connectivity index (χ1n) is 4.32. The van der Waals surface area contributed by atoms with Crippen LogP contribution in [0.25, 0.3) is 0 Å². The Hall–Kier alpha value is -0.280. The Kier molecular flexibility index (Phi) is 2.17. The van der Waals surface area contributed by atoms with Crippen molar-refractivity contribution in [3.63, 3.8) is 0 Å². The van der Waals surface area contributed by atoms with E-state index in [4.69, 9.17) is 0 Å². The van der Waals surface area contributed by atoms with Crippen LogP contribution in [0.5, 0.6) is 0 Å². The van der Waals surface area contributed by atoms with Crippen LogP contribution in [-0.2, 0) is 0 Å². The van der Waals surface area contributed by atoms with Crippen molar-refractivity contribution in [3.05, 3.63) is 0 Å². The van der Waals surface area contributed by atoms with E-state index in [9.17, 15) is 17.6 Å². The van der Waals surface area contributed by atoms with E-state index in [-0.39, 0.29) is 11.8 Å². The van der Waals surface area contributed by atoms with E-state index >= 15 is 0 Å². The number of alkyl halides is 4. The molecule has 0 radical (unpaired) electrons. The Bertz CT molecular complexity index is 202. The van der Waals surface area contributed by atoms with Gasteiger partial charge in [-0.2, -0.15) is 17.6 Å². The number of hydrogen-bond donors (Lipinski definition) is 0. The largest absolute Gasteiger partial charge is 0.313 e. The van der Waals surface area contributed by atoms with Gasteiger partial charge in [0.25, 0.3) is 0 Å². The van der Waals surface area contributed by atoms with Crippen molar-refractivity contribution in [1.82, 2.24) is 0 Å². The van der Waals surface area contributed by atoms with Crippen LogP contribution < -0.4 is 0 Å². The van der Waals surface area contributed by atoms with Crippen molar-refractivity contribution in [3.8, 4) is 0 Å². The monoisotopic (exact) mass is 198 g/mol. The van der Waals surface area contributed by atoms with Crippen LogP contribution >= 0.6 is 0 Å². The predicted octanol–water partition coefficient (Wildman–Crippen LogP) is 3.71. The lowest BCUT2D eigenvalue weighted by atomic mass is 9.69. The van der Waals surface area contributed by atoms with Gasteiger partial charge in [0.1, 0.15) is 0 Å². The molecule has 1 unspecified atom stereocenters. The molecule has 1 saturated carbocycles. The van der Waals surface area contributed by atoms with Gasteiger partial charge in [-0.3, -0.25) is 0 Å². The summed E-state index contributed by atoms with van der Waals surface area (Å²) in [5.74, 6) is -8.72. The van der Waals surface area contributed by atoms with Crippen molar-refractivity contribution in [2.24, 2.45) is 11.3 Å². The fraction of sp³-hybridized carbons (Fsp3) is 1.00. The maximum atomic E-state index is 12.8. The predicted molar refractivity (Wildman–Crippen MR) is 42.1 cm³/mol. The van der Waals surface area contributed by atoms with Gasteiger partial charge in [-0.15, -0.1) is 0 Å². The molecule has 0 nitrogen and oxygen atoms in total. The molecule has 0 aromatic rings. The van der Waals surface area contributed by atoms with Crippen molar-refractivity contribution in [1.29, 1.82) is 0 Å². The van der Waals surface area contributed by atoms with Crippen LogP contribution in [0, 0.1) is 11.3 Å². The van der Waals surface area contributed by atoms with E-state index in [0.717, 1.165) is 0 Å². The van der Waals surface area contributed by atoms with Gasteiger partial charge in [-0.25, -0.2) is 0 Å². The maximum Gasteiger partial charge on any atom is 0.313 e. The molecule has 13 heavy (non-hydrogen) atoms. The minimum absolute atomic E-state index is 0.148. The molecule has 1 rings (SSSR count). The zero-order chi connectivity index (χ0) is 10.5. The van der Waals surface area contributed by atoms with Gasteiger partial charge in [0.15, 0.2) is 0 Å². The zero-order valence-corrected chi connectivity index (χ0v) is 8.00. The van der Waals surface area contributed by atoms with E-state index in [2.05, 4.69) is 0 Å². The summed E-state index contributed by atoms with van der Waals surface area (Å²) in [7, 11) is 0. The minimum Gasteiger partial charge on any atom is -0.200 e. The first-order chi connectivity index (χ1) is 5.56. The summed E-state index contributed by atoms with van der Waals surface area (Å²) in [6, 6.07) is 0. The van der Waals surface area contributed by atoms with Crippen LogP contribution in [0.3, 0.4) is 0 Å². The lowest BCUT2D eigenvalue weighted by molar-refractivity contribution is -0.318. The Morgan fingerprint density at radius 1 is 1.15 bits per heavy atom. The molecular weight excluding hydrogens is 184 g/mol. The van der Waals surface area contributed by atoms with Crippen LogP contribution in [0.15, 0.2) is 0 Å². The summed E-state index contributed by atoms with van der Waals surface area (Å²) in [5, 5.41) is 0. The molecule has 0 bridgehead atoms. The third kappa shape index (κ3) is 1.81. The third-order valence-electron chi connectivity index (χ3n) is 2.36. The molecule has 1 fully saturated rings. The molecule has 1 atom stereocenters. The van der Waals surface area contributed by atoms with Gasteiger partial charge in [-0.05, 0) is 11.8 Å². The molecular formula is C9H14F4. The Morgan fingerprint density at radius 2 is 1.62 bits per heavy atom. The highest BCUT2D eigenvalue weighted by atomic mass is 19.3. The van der Waals surface area contributed by atoms with E-state index in [1.165, 1.54) is 0 Å². The first-order valence-corrected chi connectivity index (χ1v) is 4.32. The van der Waals surface area contributed by atoms with E-state index < -0.39 is 24.2 Å². The summed E-state index contributed by atoms with van der Waals surface area (Å²) in [5.41, 5.74) is -0.315. The second kappa shape index (κ2) is 2.61. The highest BCUT2D eigenvalue weighted by Crippen LogP contribution is 2.58. The first kappa shape index (κ1) is 10.8. The number of halogens is 4. The molecule has 1 aliphatic carbocycles. The zero-order valence-electron chi connectivity index (χ0n) is 8.00. The van der Waals surface area contributed by atoms with Gasteiger partial charge in [0.2, 0.25) is 0 Å². The highest BCUT2D eigenvalue weighted by molar-refractivity contribution is 5.04. The molecule has 0 aliphatic heterocycles. The van der Waals surface area contributed by atoms with Crippen molar-refractivity contribution >= 4 is 0 Å². The van der Waals surface area contributed by atoms with E-state index in [1.807, 2.05) is 0 Å². The van der Waals surface area contributed by atoms with Crippen molar-refractivity contribution in [2.75, 3.05) is 0 Å². The second-order valence-corrected chi connectivity index (χ2v) is 4.99. The lowest BCUT2D eigenvalue weighted by Crippen LogP contribution is -2.59. The molecule has 78 valence electrons. The fourth-order valence-corrected chi connectivity index (χ4v) is 1.68. The minimum atomic E-state index is -3.79. The average Bonchev–Trinajstić information content (AvgIpc) is 1.82. The van der Waals surface area contributed by atoms with Gasteiger partial charge >= 0.3 is 11.8 Å². The number of hydrogen-bond acceptors (Lipinski definition) is 0. The van der Waals surface area contributed by atoms with Crippen molar-refractivity contribution < 1.29 is 17.6 Å². The Balaban J connectivity index is 2.60. The molecule has 0 aromatic heterocycles. The normalized spacial score (nSPS) is 31.2. The summed E-state index contributed by atoms with van der Waals surface area (Å²) in [6.45, 7) is 5.33. The lowest BCUT2D eigenvalue weighted by Gasteiger charge is -2.46. The summed E-state index contributed by atoms with van der Waals surface area (Å²) in [6.07, 6.45) is -0.521. The van der Waals surface area contributed by atoms with Gasteiger partial charge in [-0.1, -0.05) is 20.8 Å². The standard InChI is InChI=1S/C9H14F4/c1-7(2,3)4-6-5-8(10,11)9(6,12)13/h6H,4-5H2,1-3H3. The van der Waals surface area contributed by atoms with Crippen molar-refractivity contribution in [2.45, 2.75) is 45.5 Å². The third-order valence-corrected chi connectivity index (χ3v) is 2.36. The smallest absolute Gasteiger partial charge is 0.200 e. The molecule has 0 heterocycles. The van der Waals surface area contributed by atoms with Crippen LogP contribution in [-0.4, -0.2) is 11.8 Å². The molecule has 1 aliphatic rings. The van der Waals surface area contributed by atoms with Gasteiger partial charge < -0.3 is 0 Å². The van der Waals surface area contributed by atoms with Gasteiger partial charge in [0, 0.05) is 12.3 Å². The van der Waals surface area contributed by atoms with Gasteiger partial charge in [0.05, 0.1) is 0 Å². The Labute approximate surface area is 75.3 Å². The molecule has 4 heteroatoms. The maximum absolute atomic E-state index is 12.8. The molecule has 0 saturated heterocycles. The van der Waals surface area contributed by atoms with Crippen LogP contribution in [0.2, 0.25) is 0 Å². The molecule has 0 N–H and O–H groups in total. The van der Waals surface area contributed by atoms with E-state index in [0.29, 0.717) is 0 Å².